The molecule has 2 aromatic rings. The summed E-state index contributed by atoms with van der Waals surface area (Å²) in [6.45, 7) is 2.10. The van der Waals surface area contributed by atoms with Crippen LogP contribution in [0.2, 0.25) is 5.15 Å². The molecular weight excluding hydrogens is 264 g/mol. The molecule has 2 aromatic heterocycles. The molecular formula is C14H15ClN2S. The molecule has 0 radical (unpaired) electrons. The van der Waals surface area contributed by atoms with Crippen molar-refractivity contribution in [1.82, 2.24) is 9.97 Å². The summed E-state index contributed by atoms with van der Waals surface area (Å²) in [5, 5.41) is 0.656. The van der Waals surface area contributed by atoms with Crippen molar-refractivity contribution in [2.24, 2.45) is 0 Å². The fourth-order valence-corrected chi connectivity index (χ4v) is 3.48. The summed E-state index contributed by atoms with van der Waals surface area (Å²) in [7, 11) is 0. The number of hydrogen-bond donors (Lipinski definition) is 0. The number of hydrogen-bond acceptors (Lipinski definition) is 3. The second-order valence-corrected chi connectivity index (χ2v) is 6.38. The van der Waals surface area contributed by atoms with Crippen LogP contribution in [-0.4, -0.2) is 9.97 Å². The minimum Gasteiger partial charge on any atom is -0.232 e. The Hall–Kier alpha value is -0.930. The highest BCUT2D eigenvalue weighted by molar-refractivity contribution is 7.15. The van der Waals surface area contributed by atoms with Crippen LogP contribution in [0.3, 0.4) is 0 Å². The molecule has 0 fully saturated rings. The first-order chi connectivity index (χ1) is 8.74. The molecule has 0 aromatic carbocycles. The quantitative estimate of drug-likeness (QED) is 0.569. The first kappa shape index (κ1) is 12.1. The number of rotatable bonds is 1. The lowest BCUT2D eigenvalue weighted by Gasteiger charge is -2.08. The number of aromatic nitrogens is 2. The maximum Gasteiger partial charge on any atom is 0.171 e. The predicted octanol–water partition coefficient (Wildman–Crippen LogP) is 4.44. The number of halogens is 1. The average Bonchev–Trinajstić information content (AvgIpc) is 2.63. The predicted molar refractivity (Wildman–Crippen MR) is 76.4 cm³/mol. The summed E-state index contributed by atoms with van der Waals surface area (Å²) in [5.74, 6) is 0.791. The Morgan fingerprint density at radius 3 is 2.72 bits per heavy atom. The van der Waals surface area contributed by atoms with Crippen LogP contribution in [0.5, 0.6) is 0 Å². The minimum atomic E-state index is 0.656. The van der Waals surface area contributed by atoms with Gasteiger partial charge in [0.1, 0.15) is 5.15 Å². The Morgan fingerprint density at radius 2 is 1.94 bits per heavy atom. The van der Waals surface area contributed by atoms with Crippen molar-refractivity contribution in [2.75, 3.05) is 0 Å². The smallest absolute Gasteiger partial charge is 0.171 e. The maximum absolute atomic E-state index is 6.33. The van der Waals surface area contributed by atoms with E-state index in [-0.39, 0.29) is 0 Å². The summed E-state index contributed by atoms with van der Waals surface area (Å²) < 4.78 is 0. The van der Waals surface area contributed by atoms with Gasteiger partial charge in [-0.1, -0.05) is 18.0 Å². The Bertz CT molecular complexity index is 577. The monoisotopic (exact) mass is 278 g/mol. The first-order valence-electron chi connectivity index (χ1n) is 6.36. The zero-order valence-electron chi connectivity index (χ0n) is 10.4. The van der Waals surface area contributed by atoms with Gasteiger partial charge in [-0.15, -0.1) is 11.3 Å². The number of fused-ring (bicyclic) bond motifs is 1. The topological polar surface area (TPSA) is 25.8 Å². The van der Waals surface area contributed by atoms with Gasteiger partial charge in [0.2, 0.25) is 0 Å². The lowest BCUT2D eigenvalue weighted by atomic mass is 10.1. The largest absolute Gasteiger partial charge is 0.232 e. The molecule has 1 aliphatic carbocycles. The van der Waals surface area contributed by atoms with Crippen LogP contribution in [-0.2, 0) is 12.8 Å². The van der Waals surface area contributed by atoms with Crippen LogP contribution in [0, 0.1) is 6.92 Å². The molecule has 18 heavy (non-hydrogen) atoms. The van der Waals surface area contributed by atoms with Gasteiger partial charge in [0.05, 0.1) is 4.88 Å². The van der Waals surface area contributed by atoms with E-state index in [4.69, 9.17) is 16.6 Å². The molecule has 3 rings (SSSR count). The SMILES string of the molecule is Cc1ccc(-c2nc(Cl)c3c(n2)CCCCC3)s1. The van der Waals surface area contributed by atoms with Crippen LogP contribution >= 0.6 is 22.9 Å². The minimum absolute atomic E-state index is 0.656. The third-order valence-electron chi connectivity index (χ3n) is 3.34. The van der Waals surface area contributed by atoms with Crippen molar-refractivity contribution in [3.63, 3.8) is 0 Å². The van der Waals surface area contributed by atoms with Gasteiger partial charge < -0.3 is 0 Å². The van der Waals surface area contributed by atoms with E-state index in [9.17, 15) is 0 Å². The molecule has 0 saturated heterocycles. The summed E-state index contributed by atoms with van der Waals surface area (Å²) in [4.78, 5) is 11.6. The maximum atomic E-state index is 6.33. The standard InChI is InChI=1S/C14H15ClN2S/c1-9-7-8-12(18-9)14-16-11-6-4-2-3-5-10(11)13(15)17-14/h7-8H,2-6H2,1H3. The Morgan fingerprint density at radius 1 is 1.11 bits per heavy atom. The molecule has 0 atom stereocenters. The molecule has 94 valence electrons. The fourth-order valence-electron chi connectivity index (χ4n) is 2.39. The third-order valence-corrected chi connectivity index (χ3v) is 4.65. The van der Waals surface area contributed by atoms with Crippen molar-refractivity contribution < 1.29 is 0 Å². The Labute approximate surface area is 116 Å². The molecule has 0 amide bonds. The van der Waals surface area contributed by atoms with Crippen LogP contribution < -0.4 is 0 Å². The van der Waals surface area contributed by atoms with Crippen LogP contribution in [0.15, 0.2) is 12.1 Å². The van der Waals surface area contributed by atoms with E-state index in [0.717, 1.165) is 29.2 Å². The van der Waals surface area contributed by atoms with Gasteiger partial charge in [-0.05, 0) is 44.7 Å². The highest BCUT2D eigenvalue weighted by Gasteiger charge is 2.16. The van der Waals surface area contributed by atoms with Gasteiger partial charge in [0, 0.05) is 16.1 Å². The van der Waals surface area contributed by atoms with E-state index in [1.165, 1.54) is 29.7 Å². The molecule has 2 heterocycles. The normalized spacial score (nSPS) is 15.2. The van der Waals surface area contributed by atoms with Gasteiger partial charge in [-0.25, -0.2) is 9.97 Å². The fraction of sp³-hybridized carbons (Fsp3) is 0.429. The molecule has 0 N–H and O–H groups in total. The zero-order chi connectivity index (χ0) is 12.5. The van der Waals surface area contributed by atoms with Crippen molar-refractivity contribution >= 4 is 22.9 Å². The highest BCUT2D eigenvalue weighted by Crippen LogP contribution is 2.30. The van der Waals surface area contributed by atoms with E-state index in [2.05, 4.69) is 24.0 Å². The van der Waals surface area contributed by atoms with Crippen LogP contribution in [0.4, 0.5) is 0 Å². The van der Waals surface area contributed by atoms with E-state index in [0.29, 0.717) is 5.15 Å². The van der Waals surface area contributed by atoms with Gasteiger partial charge >= 0.3 is 0 Å². The summed E-state index contributed by atoms with van der Waals surface area (Å²) in [6.07, 6.45) is 5.74. The zero-order valence-corrected chi connectivity index (χ0v) is 11.9. The van der Waals surface area contributed by atoms with Crippen molar-refractivity contribution in [1.29, 1.82) is 0 Å². The molecule has 0 spiro atoms. The summed E-state index contributed by atoms with van der Waals surface area (Å²) >= 11 is 8.05. The number of aryl methyl sites for hydroxylation is 2. The van der Waals surface area contributed by atoms with Gasteiger partial charge in [-0.3, -0.25) is 0 Å². The number of thiophene rings is 1. The molecule has 1 aliphatic rings. The molecule has 0 bridgehead atoms. The second-order valence-electron chi connectivity index (χ2n) is 4.73. The molecule has 2 nitrogen and oxygen atoms in total. The van der Waals surface area contributed by atoms with E-state index in [1.54, 1.807) is 11.3 Å². The van der Waals surface area contributed by atoms with Gasteiger partial charge in [-0.2, -0.15) is 0 Å². The van der Waals surface area contributed by atoms with E-state index < -0.39 is 0 Å². The molecule has 4 heteroatoms. The summed E-state index contributed by atoms with van der Waals surface area (Å²) in [5.41, 5.74) is 2.33. The van der Waals surface area contributed by atoms with Gasteiger partial charge in [0.15, 0.2) is 5.82 Å². The Kier molecular flexibility index (Phi) is 3.35. The third kappa shape index (κ3) is 2.29. The second kappa shape index (κ2) is 4.98. The molecule has 0 aliphatic heterocycles. The molecule has 0 saturated carbocycles. The highest BCUT2D eigenvalue weighted by atomic mass is 35.5. The van der Waals surface area contributed by atoms with Crippen molar-refractivity contribution in [3.05, 3.63) is 33.4 Å². The Balaban J connectivity index is 2.07. The molecule has 0 unspecified atom stereocenters. The van der Waals surface area contributed by atoms with E-state index in [1.807, 2.05) is 0 Å². The van der Waals surface area contributed by atoms with E-state index >= 15 is 0 Å². The number of nitrogens with zero attached hydrogens (tertiary/aromatic N) is 2. The lowest BCUT2D eigenvalue weighted by Crippen LogP contribution is -2.01. The van der Waals surface area contributed by atoms with Crippen molar-refractivity contribution in [2.45, 2.75) is 39.0 Å². The lowest BCUT2D eigenvalue weighted by molar-refractivity contribution is 0.709. The summed E-state index contributed by atoms with van der Waals surface area (Å²) in [6, 6.07) is 4.18. The average molecular weight is 279 g/mol. The van der Waals surface area contributed by atoms with Crippen molar-refractivity contribution in [3.8, 4) is 10.7 Å². The van der Waals surface area contributed by atoms with Gasteiger partial charge in [0.25, 0.3) is 0 Å². The van der Waals surface area contributed by atoms with Crippen LogP contribution in [0.1, 0.15) is 35.4 Å². The van der Waals surface area contributed by atoms with Crippen LogP contribution in [0.25, 0.3) is 10.7 Å². The first-order valence-corrected chi connectivity index (χ1v) is 7.55.